The first-order chi connectivity index (χ1) is 13.8. The molecule has 1 fully saturated rings. The molecule has 0 aromatic heterocycles. The van der Waals surface area contributed by atoms with Crippen LogP contribution in [0, 0.1) is 25.5 Å². The number of benzene rings is 2. The third-order valence-electron chi connectivity index (χ3n) is 5.15. The van der Waals surface area contributed by atoms with Crippen LogP contribution in [0.5, 0.6) is 0 Å². The summed E-state index contributed by atoms with van der Waals surface area (Å²) in [4.78, 5) is 28.4. The number of halogens is 3. The predicted molar refractivity (Wildman–Crippen MR) is 108 cm³/mol. The number of piperazine rings is 1. The monoisotopic (exact) mass is 421 g/mol. The van der Waals surface area contributed by atoms with E-state index in [2.05, 4.69) is 5.32 Å². The minimum Gasteiger partial charge on any atom is -0.336 e. The van der Waals surface area contributed by atoms with Crippen LogP contribution in [0.25, 0.3) is 0 Å². The molecule has 2 aromatic rings. The summed E-state index contributed by atoms with van der Waals surface area (Å²) in [6.45, 7) is 5.87. The van der Waals surface area contributed by atoms with E-state index in [-0.39, 0.29) is 23.0 Å². The molecule has 1 saturated heterocycles. The molecule has 0 aliphatic carbocycles. The van der Waals surface area contributed by atoms with E-state index in [1.807, 2.05) is 36.9 Å². The highest BCUT2D eigenvalue weighted by Crippen LogP contribution is 2.22. The fourth-order valence-electron chi connectivity index (χ4n) is 3.25. The summed E-state index contributed by atoms with van der Waals surface area (Å²) in [5, 5.41) is 2.80. The van der Waals surface area contributed by atoms with Gasteiger partial charge in [-0.3, -0.25) is 14.5 Å². The third-order valence-corrected chi connectivity index (χ3v) is 5.46. The zero-order valence-corrected chi connectivity index (χ0v) is 17.0. The maximum absolute atomic E-state index is 13.5. The lowest BCUT2D eigenvalue weighted by atomic mass is 10.1. The average Bonchev–Trinajstić information content (AvgIpc) is 2.68. The molecule has 0 saturated carbocycles. The number of hydrogen-bond acceptors (Lipinski definition) is 3. The zero-order chi connectivity index (χ0) is 21.1. The predicted octanol–water partition coefficient (Wildman–Crippen LogP) is 3.63. The second-order valence-electron chi connectivity index (χ2n) is 7.11. The number of anilines is 1. The molecule has 8 heteroatoms. The lowest BCUT2D eigenvalue weighted by molar-refractivity contribution is -0.117. The minimum absolute atomic E-state index is 0.0633. The lowest BCUT2D eigenvalue weighted by Crippen LogP contribution is -2.50. The third kappa shape index (κ3) is 4.92. The van der Waals surface area contributed by atoms with Crippen LogP contribution in [0.2, 0.25) is 5.02 Å². The van der Waals surface area contributed by atoms with E-state index in [4.69, 9.17) is 11.6 Å². The molecule has 2 aromatic carbocycles. The van der Waals surface area contributed by atoms with Crippen LogP contribution < -0.4 is 5.32 Å². The van der Waals surface area contributed by atoms with E-state index in [9.17, 15) is 18.4 Å². The molecule has 0 radical (unpaired) electrons. The van der Waals surface area contributed by atoms with Crippen molar-refractivity contribution in [1.82, 2.24) is 9.80 Å². The normalized spacial score (nSPS) is 14.7. The maximum Gasteiger partial charge on any atom is 0.255 e. The Labute approximate surface area is 173 Å². The number of nitrogens with zero attached hydrogens (tertiary/aromatic N) is 2. The van der Waals surface area contributed by atoms with Crippen LogP contribution in [-0.2, 0) is 4.79 Å². The van der Waals surface area contributed by atoms with Crippen molar-refractivity contribution in [3.05, 3.63) is 63.7 Å². The zero-order valence-electron chi connectivity index (χ0n) is 16.3. The van der Waals surface area contributed by atoms with Crippen molar-refractivity contribution in [2.45, 2.75) is 13.8 Å². The molecule has 5 nitrogen and oxygen atoms in total. The van der Waals surface area contributed by atoms with Gasteiger partial charge in [-0.1, -0.05) is 23.7 Å². The van der Waals surface area contributed by atoms with Gasteiger partial charge in [0.25, 0.3) is 5.91 Å². The van der Waals surface area contributed by atoms with Gasteiger partial charge in [-0.25, -0.2) is 8.78 Å². The first kappa shape index (κ1) is 21.2. The van der Waals surface area contributed by atoms with Crippen molar-refractivity contribution in [3.8, 4) is 0 Å². The summed E-state index contributed by atoms with van der Waals surface area (Å²) in [6.07, 6.45) is 0. The molecule has 0 atom stereocenters. The van der Waals surface area contributed by atoms with E-state index in [1.54, 1.807) is 0 Å². The Bertz CT molecular complexity index is 944. The number of aryl methyl sites for hydroxylation is 1. The molecule has 1 N–H and O–H groups in total. The second-order valence-corrected chi connectivity index (χ2v) is 7.52. The molecule has 1 aliphatic heterocycles. The Kier molecular flexibility index (Phi) is 6.49. The number of hydrogen-bond donors (Lipinski definition) is 1. The quantitative estimate of drug-likeness (QED) is 0.767. The number of carbonyl (C=O) groups is 2. The molecule has 1 aliphatic rings. The maximum atomic E-state index is 13.5. The van der Waals surface area contributed by atoms with Gasteiger partial charge in [-0.05, 0) is 43.2 Å². The Morgan fingerprint density at radius 1 is 1.07 bits per heavy atom. The first-order valence-electron chi connectivity index (χ1n) is 9.28. The van der Waals surface area contributed by atoms with Gasteiger partial charge in [0.1, 0.15) is 0 Å². The number of nitrogens with one attached hydrogen (secondary N) is 1. The van der Waals surface area contributed by atoms with Crippen LogP contribution in [-0.4, -0.2) is 54.3 Å². The van der Waals surface area contributed by atoms with E-state index >= 15 is 0 Å². The minimum atomic E-state index is -1.11. The van der Waals surface area contributed by atoms with Gasteiger partial charge in [0.2, 0.25) is 5.91 Å². The van der Waals surface area contributed by atoms with Gasteiger partial charge in [-0.15, -0.1) is 0 Å². The Balaban J connectivity index is 1.55. The summed E-state index contributed by atoms with van der Waals surface area (Å²) in [5.74, 6) is -2.78. The van der Waals surface area contributed by atoms with Crippen LogP contribution in [0.4, 0.5) is 14.5 Å². The van der Waals surface area contributed by atoms with E-state index < -0.39 is 17.5 Å². The molecule has 3 rings (SSSR count). The molecular weight excluding hydrogens is 400 g/mol. The Hall–Kier alpha value is -2.51. The fourth-order valence-corrected chi connectivity index (χ4v) is 3.48. The number of carbonyl (C=O) groups excluding carboxylic acids is 2. The smallest absolute Gasteiger partial charge is 0.255 e. The number of amides is 2. The van der Waals surface area contributed by atoms with Gasteiger partial charge in [0.15, 0.2) is 11.6 Å². The molecule has 154 valence electrons. The van der Waals surface area contributed by atoms with E-state index in [0.717, 1.165) is 28.9 Å². The highest BCUT2D eigenvalue weighted by Gasteiger charge is 2.25. The number of rotatable bonds is 4. The summed E-state index contributed by atoms with van der Waals surface area (Å²) in [6, 6.07) is 7.37. The van der Waals surface area contributed by atoms with E-state index in [0.29, 0.717) is 26.2 Å². The van der Waals surface area contributed by atoms with Gasteiger partial charge < -0.3 is 10.2 Å². The molecule has 29 heavy (non-hydrogen) atoms. The molecule has 0 bridgehead atoms. The van der Waals surface area contributed by atoms with Gasteiger partial charge in [0.05, 0.1) is 17.1 Å². The van der Waals surface area contributed by atoms with Crippen LogP contribution >= 0.6 is 11.6 Å². The topological polar surface area (TPSA) is 52.7 Å². The second kappa shape index (κ2) is 8.88. The SMILES string of the molecule is Cc1cccc(NC(=O)CN2CCN(C(=O)c3cc(F)c(F)cc3Cl)CC2)c1C. The molecule has 2 amide bonds. The summed E-state index contributed by atoms with van der Waals surface area (Å²) in [5.41, 5.74) is 2.86. The van der Waals surface area contributed by atoms with Gasteiger partial charge in [0, 0.05) is 31.9 Å². The average molecular weight is 422 g/mol. The van der Waals surface area contributed by atoms with Gasteiger partial charge in [-0.2, -0.15) is 0 Å². The summed E-state index contributed by atoms with van der Waals surface area (Å²) < 4.78 is 26.7. The Morgan fingerprint density at radius 3 is 2.41 bits per heavy atom. The summed E-state index contributed by atoms with van der Waals surface area (Å²) in [7, 11) is 0. The molecular formula is C21H22ClF2N3O2. The van der Waals surface area contributed by atoms with Crippen LogP contribution in [0.15, 0.2) is 30.3 Å². The fraction of sp³-hybridized carbons (Fsp3) is 0.333. The summed E-state index contributed by atoms with van der Waals surface area (Å²) >= 11 is 5.90. The highest BCUT2D eigenvalue weighted by atomic mass is 35.5. The first-order valence-corrected chi connectivity index (χ1v) is 9.66. The highest BCUT2D eigenvalue weighted by molar-refractivity contribution is 6.33. The molecule has 0 spiro atoms. The molecule has 0 unspecified atom stereocenters. The van der Waals surface area contributed by atoms with Crippen molar-refractivity contribution >= 4 is 29.1 Å². The van der Waals surface area contributed by atoms with Crippen molar-refractivity contribution < 1.29 is 18.4 Å². The Morgan fingerprint density at radius 2 is 1.72 bits per heavy atom. The van der Waals surface area contributed by atoms with Crippen molar-refractivity contribution in [2.24, 2.45) is 0 Å². The van der Waals surface area contributed by atoms with Crippen LogP contribution in [0.3, 0.4) is 0 Å². The van der Waals surface area contributed by atoms with Crippen LogP contribution in [0.1, 0.15) is 21.5 Å². The van der Waals surface area contributed by atoms with Crippen molar-refractivity contribution in [1.29, 1.82) is 0 Å². The van der Waals surface area contributed by atoms with Crippen molar-refractivity contribution in [2.75, 3.05) is 38.0 Å². The standard InChI is InChI=1S/C21H22ClF2N3O2/c1-13-4-3-5-19(14(13)2)25-20(28)12-26-6-8-27(9-7-26)21(29)15-10-17(23)18(24)11-16(15)22/h3-5,10-11H,6-9,12H2,1-2H3,(H,25,28). The van der Waals surface area contributed by atoms with E-state index in [1.165, 1.54) is 4.90 Å². The molecule has 1 heterocycles. The largest absolute Gasteiger partial charge is 0.336 e. The van der Waals surface area contributed by atoms with Crippen molar-refractivity contribution in [3.63, 3.8) is 0 Å². The lowest BCUT2D eigenvalue weighted by Gasteiger charge is -2.34. The van der Waals surface area contributed by atoms with Gasteiger partial charge >= 0.3 is 0 Å².